The fraction of sp³-hybridized carbons (Fsp3) is 0.900. The molecule has 1 aliphatic carbocycles. The van der Waals surface area contributed by atoms with Crippen LogP contribution in [0.1, 0.15) is 58.3 Å². The quantitative estimate of drug-likeness (QED) is 0.326. The molecule has 144 valence electrons. The fourth-order valence-corrected chi connectivity index (χ4v) is 6.87. The summed E-state index contributed by atoms with van der Waals surface area (Å²) < 4.78 is 6.30. The van der Waals surface area contributed by atoms with E-state index in [-0.39, 0.29) is 23.2 Å². The lowest BCUT2D eigenvalue weighted by molar-refractivity contribution is -0.226. The average Bonchev–Trinajstić information content (AvgIpc) is 3.15. The number of nitrogens with zero attached hydrogens (tertiary/aromatic N) is 3. The van der Waals surface area contributed by atoms with Gasteiger partial charge in [0.2, 0.25) is 0 Å². The number of hydrogen-bond acceptors (Lipinski definition) is 4. The summed E-state index contributed by atoms with van der Waals surface area (Å²) >= 11 is 1.82. The first-order valence-corrected chi connectivity index (χ1v) is 11.6. The van der Waals surface area contributed by atoms with Crippen LogP contribution >= 0.6 is 11.8 Å². The molecule has 1 unspecified atom stereocenters. The maximum absolute atomic E-state index is 13.0. The molecular weight excluding hydrogens is 346 g/mol. The predicted molar refractivity (Wildman–Crippen MR) is 103 cm³/mol. The van der Waals surface area contributed by atoms with Crippen molar-refractivity contribution in [1.82, 2.24) is 4.90 Å². The number of thioether (sulfide) groups is 1. The van der Waals surface area contributed by atoms with E-state index in [1.807, 2.05) is 11.8 Å². The zero-order valence-electron chi connectivity index (χ0n) is 15.9. The van der Waals surface area contributed by atoms with Gasteiger partial charge in [0, 0.05) is 18.2 Å². The largest absolute Gasteiger partial charge is 0.447 e. The minimum Gasteiger partial charge on any atom is -0.447 e. The standard InChI is InChI=1S/C20H31N3O2S/c1-14-5-7-16(8-6-14)20(13-23-10-3-2-4-17(20)23)25-19(24)18(22-21)15-9-11-26-12-15/h14-17H,2-13H2,1H3/t14?,15?,16?,17-,20+/m0/s1. The molecule has 3 heterocycles. The van der Waals surface area contributed by atoms with E-state index < -0.39 is 0 Å². The molecule has 1 saturated carbocycles. The molecular formula is C20H31N3O2S. The third-order valence-electron chi connectivity index (χ3n) is 7.25. The Balaban J connectivity index is 1.53. The van der Waals surface area contributed by atoms with Crippen LogP contribution in [0.4, 0.5) is 0 Å². The monoisotopic (exact) mass is 377 g/mol. The van der Waals surface area contributed by atoms with Crippen LogP contribution in [0.25, 0.3) is 5.53 Å². The van der Waals surface area contributed by atoms with E-state index in [1.54, 1.807) is 0 Å². The second-order valence-corrected chi connectivity index (χ2v) is 9.98. The minimum atomic E-state index is -0.358. The number of esters is 1. The van der Waals surface area contributed by atoms with E-state index in [0.29, 0.717) is 12.0 Å². The Bertz CT molecular complexity index is 592. The van der Waals surface area contributed by atoms with Gasteiger partial charge < -0.3 is 10.3 Å². The molecule has 0 amide bonds. The second kappa shape index (κ2) is 7.65. The summed E-state index contributed by atoms with van der Waals surface area (Å²) in [6.07, 6.45) is 9.29. The molecule has 6 heteroatoms. The molecule has 4 aliphatic rings. The van der Waals surface area contributed by atoms with E-state index in [2.05, 4.69) is 16.6 Å². The van der Waals surface area contributed by atoms with Gasteiger partial charge in [0.25, 0.3) is 0 Å². The van der Waals surface area contributed by atoms with Gasteiger partial charge in [-0.3, -0.25) is 4.90 Å². The lowest BCUT2D eigenvalue weighted by Gasteiger charge is -2.61. The van der Waals surface area contributed by atoms with Crippen molar-refractivity contribution in [1.29, 1.82) is 0 Å². The maximum atomic E-state index is 13.0. The third-order valence-corrected chi connectivity index (χ3v) is 8.41. The van der Waals surface area contributed by atoms with Crippen LogP contribution in [0.15, 0.2) is 0 Å². The minimum absolute atomic E-state index is 0.0449. The van der Waals surface area contributed by atoms with Gasteiger partial charge >= 0.3 is 11.7 Å². The van der Waals surface area contributed by atoms with Crippen LogP contribution in [0.2, 0.25) is 0 Å². The number of carbonyl (C=O) groups excluding carboxylic acids is 1. The van der Waals surface area contributed by atoms with Gasteiger partial charge in [-0.1, -0.05) is 26.2 Å². The highest BCUT2D eigenvalue weighted by atomic mass is 32.2. The van der Waals surface area contributed by atoms with Crippen molar-refractivity contribution in [2.24, 2.45) is 17.8 Å². The maximum Gasteiger partial charge on any atom is 0.417 e. The highest BCUT2D eigenvalue weighted by Gasteiger charge is 2.61. The molecule has 26 heavy (non-hydrogen) atoms. The Morgan fingerprint density at radius 2 is 2.00 bits per heavy atom. The zero-order valence-corrected chi connectivity index (χ0v) is 16.7. The summed E-state index contributed by atoms with van der Waals surface area (Å²) in [5.74, 6) is 2.82. The topological polar surface area (TPSA) is 65.9 Å². The summed E-state index contributed by atoms with van der Waals surface area (Å²) in [6.45, 7) is 4.34. The highest BCUT2D eigenvalue weighted by Crippen LogP contribution is 2.49. The first kappa shape index (κ1) is 18.5. The van der Waals surface area contributed by atoms with Crippen molar-refractivity contribution in [3.8, 4) is 0 Å². The number of ether oxygens (including phenoxy) is 1. The summed E-state index contributed by atoms with van der Waals surface area (Å²) in [6, 6.07) is 0.372. The zero-order chi connectivity index (χ0) is 18.1. The molecule has 0 aromatic rings. The van der Waals surface area contributed by atoms with Crippen LogP contribution < -0.4 is 0 Å². The van der Waals surface area contributed by atoms with Gasteiger partial charge in [0.15, 0.2) is 0 Å². The second-order valence-electron chi connectivity index (χ2n) is 8.83. The fourth-order valence-electron chi connectivity index (χ4n) is 5.64. The van der Waals surface area contributed by atoms with E-state index in [4.69, 9.17) is 4.74 Å². The molecule has 3 aliphatic heterocycles. The van der Waals surface area contributed by atoms with Crippen molar-refractivity contribution >= 4 is 23.4 Å². The molecule has 0 spiro atoms. The first-order chi connectivity index (χ1) is 12.6. The summed E-state index contributed by atoms with van der Waals surface area (Å²) in [5.41, 5.74) is 9.40. The SMILES string of the molecule is CC1CCC([C@]2(OC(=O)C(=[N+]=[N-])C3CCSC3)CN3CCCC[C@H]32)CC1. The van der Waals surface area contributed by atoms with Crippen molar-refractivity contribution in [2.75, 3.05) is 24.6 Å². The molecule has 3 atom stereocenters. The van der Waals surface area contributed by atoms with E-state index in [9.17, 15) is 10.3 Å². The number of piperidine rings is 1. The lowest BCUT2D eigenvalue weighted by Crippen LogP contribution is -2.75. The lowest BCUT2D eigenvalue weighted by atomic mass is 9.64. The highest BCUT2D eigenvalue weighted by molar-refractivity contribution is 7.99. The molecule has 0 aromatic heterocycles. The molecule has 5 nitrogen and oxygen atoms in total. The molecule has 4 fully saturated rings. The van der Waals surface area contributed by atoms with Gasteiger partial charge in [-0.15, -0.1) is 0 Å². The Labute approximate surface area is 160 Å². The number of rotatable bonds is 4. The Kier molecular flexibility index (Phi) is 5.45. The Morgan fingerprint density at radius 3 is 2.65 bits per heavy atom. The van der Waals surface area contributed by atoms with Gasteiger partial charge in [0.05, 0.1) is 12.0 Å². The number of carbonyl (C=O) groups is 1. The average molecular weight is 378 g/mol. The van der Waals surface area contributed by atoms with E-state index in [0.717, 1.165) is 56.2 Å². The molecule has 0 radical (unpaired) electrons. The van der Waals surface area contributed by atoms with Crippen molar-refractivity contribution < 1.29 is 14.3 Å². The molecule has 4 rings (SSSR count). The molecule has 0 N–H and O–H groups in total. The Morgan fingerprint density at radius 1 is 1.19 bits per heavy atom. The van der Waals surface area contributed by atoms with Crippen LogP contribution in [-0.4, -0.2) is 57.6 Å². The third kappa shape index (κ3) is 3.25. The summed E-state index contributed by atoms with van der Waals surface area (Å²) in [5, 5.41) is 0. The predicted octanol–water partition coefficient (Wildman–Crippen LogP) is 3.39. The molecule has 0 aromatic carbocycles. The smallest absolute Gasteiger partial charge is 0.417 e. The molecule has 3 saturated heterocycles. The summed E-state index contributed by atoms with van der Waals surface area (Å²) in [7, 11) is 0. The van der Waals surface area contributed by atoms with E-state index in [1.165, 1.54) is 25.7 Å². The number of hydrogen-bond donors (Lipinski definition) is 0. The van der Waals surface area contributed by atoms with Crippen LogP contribution in [0.5, 0.6) is 0 Å². The van der Waals surface area contributed by atoms with Crippen molar-refractivity contribution in [2.45, 2.75) is 69.9 Å². The normalized spacial score (nSPS) is 40.2. The summed E-state index contributed by atoms with van der Waals surface area (Å²) in [4.78, 5) is 18.9. The Hall–Kier alpha value is -0.840. The van der Waals surface area contributed by atoms with Gasteiger partial charge in [-0.25, -0.2) is 4.79 Å². The molecule has 0 bridgehead atoms. The van der Waals surface area contributed by atoms with Gasteiger partial charge in [-0.05, 0) is 50.3 Å². The van der Waals surface area contributed by atoms with Crippen LogP contribution in [-0.2, 0) is 9.53 Å². The van der Waals surface area contributed by atoms with Crippen molar-refractivity contribution in [3.63, 3.8) is 0 Å². The van der Waals surface area contributed by atoms with E-state index >= 15 is 0 Å². The van der Waals surface area contributed by atoms with Gasteiger partial charge in [0.1, 0.15) is 5.60 Å². The van der Waals surface area contributed by atoms with Gasteiger partial charge in [-0.2, -0.15) is 16.6 Å². The number of fused-ring (bicyclic) bond motifs is 1. The van der Waals surface area contributed by atoms with Crippen LogP contribution in [0.3, 0.4) is 0 Å². The van der Waals surface area contributed by atoms with Crippen LogP contribution in [0, 0.1) is 17.8 Å². The van der Waals surface area contributed by atoms with Crippen molar-refractivity contribution in [3.05, 3.63) is 5.53 Å². The first-order valence-electron chi connectivity index (χ1n) is 10.4.